The molecule has 1 aromatic heterocycles. The van der Waals surface area contributed by atoms with Gasteiger partial charge in [-0.3, -0.25) is 0 Å². The smallest absolute Gasteiger partial charge is 0.0776 e. The molecule has 0 aliphatic heterocycles. The molecule has 1 heterocycles. The Bertz CT molecular complexity index is 857. The first-order valence-corrected chi connectivity index (χ1v) is 8.62. The summed E-state index contributed by atoms with van der Waals surface area (Å²) in [6, 6.07) is 17.5. The van der Waals surface area contributed by atoms with Crippen LogP contribution in [0.4, 0.5) is 0 Å². The highest BCUT2D eigenvalue weighted by Gasteiger charge is 2.25. The molecule has 3 aromatic rings. The number of aromatic nitrogens is 2. The van der Waals surface area contributed by atoms with E-state index in [0.29, 0.717) is 0 Å². The molecule has 1 aliphatic rings. The van der Waals surface area contributed by atoms with E-state index in [1.807, 2.05) is 0 Å². The quantitative estimate of drug-likeness (QED) is 0.777. The van der Waals surface area contributed by atoms with Crippen LogP contribution in [0.3, 0.4) is 0 Å². The second-order valence-corrected chi connectivity index (χ2v) is 6.89. The summed E-state index contributed by atoms with van der Waals surface area (Å²) in [4.78, 5) is 0. The first-order chi connectivity index (χ1) is 11.6. The summed E-state index contributed by atoms with van der Waals surface area (Å²) in [5.41, 5.74) is 14.8. The van der Waals surface area contributed by atoms with Crippen LogP contribution in [0.15, 0.2) is 48.5 Å². The predicted molar refractivity (Wildman–Crippen MR) is 98.5 cm³/mol. The minimum atomic E-state index is 0.234. The van der Waals surface area contributed by atoms with Gasteiger partial charge in [-0.25, -0.2) is 4.68 Å². The van der Waals surface area contributed by atoms with Crippen LogP contribution in [0.5, 0.6) is 0 Å². The Morgan fingerprint density at radius 1 is 0.958 bits per heavy atom. The molecule has 24 heavy (non-hydrogen) atoms. The van der Waals surface area contributed by atoms with Gasteiger partial charge in [0.05, 0.1) is 17.1 Å². The lowest BCUT2D eigenvalue weighted by atomic mass is 9.90. The van der Waals surface area contributed by atoms with E-state index in [-0.39, 0.29) is 6.04 Å². The molecule has 3 nitrogen and oxygen atoms in total. The maximum absolute atomic E-state index is 6.25. The third-order valence-electron chi connectivity index (χ3n) is 4.89. The van der Waals surface area contributed by atoms with Crippen LogP contribution in [0.1, 0.15) is 28.8 Å². The first-order valence-electron chi connectivity index (χ1n) is 8.62. The topological polar surface area (TPSA) is 43.8 Å². The van der Waals surface area contributed by atoms with Crippen LogP contribution in [0.25, 0.3) is 16.9 Å². The van der Waals surface area contributed by atoms with Gasteiger partial charge in [-0.2, -0.15) is 5.10 Å². The standard InChI is InChI=1S/C21H23N3/c1-14-3-7-16(8-4-14)21-19-13-17(22)9-12-20(19)23-24(21)18-10-5-15(2)6-11-18/h3-8,10-11,17H,9,12-13,22H2,1-2H3. The van der Waals surface area contributed by atoms with Crippen LogP contribution >= 0.6 is 0 Å². The van der Waals surface area contributed by atoms with E-state index in [1.165, 1.54) is 33.6 Å². The molecule has 1 aliphatic carbocycles. The van der Waals surface area contributed by atoms with Gasteiger partial charge in [0.2, 0.25) is 0 Å². The van der Waals surface area contributed by atoms with Gasteiger partial charge in [0, 0.05) is 17.2 Å². The van der Waals surface area contributed by atoms with Crippen molar-refractivity contribution in [2.45, 2.75) is 39.2 Å². The zero-order chi connectivity index (χ0) is 16.7. The summed E-state index contributed by atoms with van der Waals surface area (Å²) >= 11 is 0. The predicted octanol–water partition coefficient (Wildman–Crippen LogP) is 3.97. The molecule has 0 radical (unpaired) electrons. The van der Waals surface area contributed by atoms with E-state index in [1.54, 1.807) is 0 Å². The molecule has 3 heteroatoms. The van der Waals surface area contributed by atoms with E-state index >= 15 is 0 Å². The zero-order valence-corrected chi connectivity index (χ0v) is 14.3. The van der Waals surface area contributed by atoms with Crippen molar-refractivity contribution in [3.63, 3.8) is 0 Å². The molecule has 0 bridgehead atoms. The summed E-state index contributed by atoms with van der Waals surface area (Å²) in [5, 5.41) is 4.95. The van der Waals surface area contributed by atoms with Crippen molar-refractivity contribution in [1.29, 1.82) is 0 Å². The van der Waals surface area contributed by atoms with E-state index in [0.717, 1.165) is 24.9 Å². The van der Waals surface area contributed by atoms with Gasteiger partial charge < -0.3 is 5.73 Å². The van der Waals surface area contributed by atoms with E-state index in [2.05, 4.69) is 67.1 Å². The molecule has 1 unspecified atom stereocenters. The van der Waals surface area contributed by atoms with Crippen molar-refractivity contribution in [3.8, 4) is 16.9 Å². The molecular formula is C21H23N3. The van der Waals surface area contributed by atoms with Crippen molar-refractivity contribution in [2.75, 3.05) is 0 Å². The fourth-order valence-corrected chi connectivity index (χ4v) is 3.48. The Hall–Kier alpha value is -2.39. The third-order valence-corrected chi connectivity index (χ3v) is 4.89. The highest BCUT2D eigenvalue weighted by atomic mass is 15.3. The monoisotopic (exact) mass is 317 g/mol. The van der Waals surface area contributed by atoms with Crippen molar-refractivity contribution >= 4 is 0 Å². The van der Waals surface area contributed by atoms with Crippen LogP contribution in [-0.4, -0.2) is 15.8 Å². The Balaban J connectivity index is 1.92. The minimum Gasteiger partial charge on any atom is -0.327 e. The maximum Gasteiger partial charge on any atom is 0.0776 e. The van der Waals surface area contributed by atoms with Crippen molar-refractivity contribution in [1.82, 2.24) is 9.78 Å². The molecule has 122 valence electrons. The molecule has 0 fully saturated rings. The molecule has 0 saturated carbocycles. The average Bonchev–Trinajstić information content (AvgIpc) is 2.95. The number of nitrogens with zero attached hydrogens (tertiary/aromatic N) is 2. The highest BCUT2D eigenvalue weighted by Crippen LogP contribution is 2.33. The summed E-state index contributed by atoms with van der Waals surface area (Å²) < 4.78 is 2.10. The summed E-state index contributed by atoms with van der Waals surface area (Å²) in [7, 11) is 0. The molecule has 0 spiro atoms. The van der Waals surface area contributed by atoms with Gasteiger partial charge in [0.1, 0.15) is 0 Å². The average molecular weight is 317 g/mol. The lowest BCUT2D eigenvalue weighted by molar-refractivity contribution is 0.571. The molecule has 0 saturated heterocycles. The van der Waals surface area contributed by atoms with Crippen LogP contribution in [-0.2, 0) is 12.8 Å². The van der Waals surface area contributed by atoms with Gasteiger partial charge in [-0.15, -0.1) is 0 Å². The number of fused-ring (bicyclic) bond motifs is 1. The number of nitrogens with two attached hydrogens (primary N) is 1. The summed E-state index contributed by atoms with van der Waals surface area (Å²) in [6.07, 6.45) is 2.89. The molecule has 1 atom stereocenters. The second-order valence-electron chi connectivity index (χ2n) is 6.89. The minimum absolute atomic E-state index is 0.234. The van der Waals surface area contributed by atoms with Gasteiger partial charge >= 0.3 is 0 Å². The fraction of sp³-hybridized carbons (Fsp3) is 0.286. The van der Waals surface area contributed by atoms with Crippen molar-refractivity contribution < 1.29 is 0 Å². The number of aryl methyl sites for hydroxylation is 3. The van der Waals surface area contributed by atoms with Gasteiger partial charge in [-0.1, -0.05) is 47.5 Å². The normalized spacial score (nSPS) is 16.9. The molecular weight excluding hydrogens is 294 g/mol. The number of hydrogen-bond acceptors (Lipinski definition) is 2. The van der Waals surface area contributed by atoms with E-state index < -0.39 is 0 Å². The Morgan fingerprint density at radius 2 is 1.58 bits per heavy atom. The Kier molecular flexibility index (Phi) is 3.73. The number of rotatable bonds is 2. The lowest BCUT2D eigenvalue weighted by Crippen LogP contribution is -2.27. The Morgan fingerprint density at radius 3 is 2.25 bits per heavy atom. The Labute approximate surface area is 143 Å². The first kappa shape index (κ1) is 15.2. The molecule has 4 rings (SSSR count). The second kappa shape index (κ2) is 5.91. The summed E-state index contributed by atoms with van der Waals surface area (Å²) in [6.45, 7) is 4.23. The summed E-state index contributed by atoms with van der Waals surface area (Å²) in [5.74, 6) is 0. The van der Waals surface area contributed by atoms with Gasteiger partial charge in [-0.05, 0) is 45.2 Å². The van der Waals surface area contributed by atoms with Crippen molar-refractivity contribution in [2.24, 2.45) is 5.73 Å². The third kappa shape index (κ3) is 2.65. The van der Waals surface area contributed by atoms with Gasteiger partial charge in [0.15, 0.2) is 0 Å². The van der Waals surface area contributed by atoms with E-state index in [4.69, 9.17) is 10.8 Å². The van der Waals surface area contributed by atoms with Crippen LogP contribution in [0, 0.1) is 13.8 Å². The highest BCUT2D eigenvalue weighted by molar-refractivity contribution is 5.68. The van der Waals surface area contributed by atoms with Gasteiger partial charge in [0.25, 0.3) is 0 Å². The maximum atomic E-state index is 6.25. The van der Waals surface area contributed by atoms with Crippen LogP contribution < -0.4 is 5.73 Å². The molecule has 0 amide bonds. The zero-order valence-electron chi connectivity index (χ0n) is 14.3. The molecule has 2 aromatic carbocycles. The van der Waals surface area contributed by atoms with E-state index in [9.17, 15) is 0 Å². The largest absolute Gasteiger partial charge is 0.327 e. The molecule has 2 N–H and O–H groups in total. The number of hydrogen-bond donors (Lipinski definition) is 1. The number of benzene rings is 2. The van der Waals surface area contributed by atoms with Crippen LogP contribution in [0.2, 0.25) is 0 Å². The van der Waals surface area contributed by atoms with Crippen molar-refractivity contribution in [3.05, 3.63) is 70.9 Å². The SMILES string of the molecule is Cc1ccc(-c2c3c(nn2-c2ccc(C)cc2)CCC(N)C3)cc1. The lowest BCUT2D eigenvalue weighted by Gasteiger charge is -2.18. The fourth-order valence-electron chi connectivity index (χ4n) is 3.48.